The molecule has 1 aliphatic rings. The second kappa shape index (κ2) is 6.79. The molecule has 0 aliphatic carbocycles. The van der Waals surface area contributed by atoms with Crippen molar-refractivity contribution >= 4 is 0 Å². The summed E-state index contributed by atoms with van der Waals surface area (Å²) in [5.41, 5.74) is 1.26. The number of hydrogen-bond acceptors (Lipinski definition) is 4. The summed E-state index contributed by atoms with van der Waals surface area (Å²) >= 11 is 0. The molecular formula is C13H22N2O2. The standard InChI is InChI=1S/C13H22N2O2/c1-12-13(3-8-17-12)11-14-4-2-5-15-6-9-16-10-7-15/h3,8,14H,2,4-7,9-11H2,1H3. The molecule has 1 aromatic rings. The van der Waals surface area contributed by atoms with Gasteiger partial charge in [-0.05, 0) is 32.5 Å². The van der Waals surface area contributed by atoms with E-state index in [1.54, 1.807) is 6.26 Å². The van der Waals surface area contributed by atoms with E-state index in [9.17, 15) is 0 Å². The maximum atomic E-state index is 5.32. The van der Waals surface area contributed by atoms with Gasteiger partial charge in [-0.25, -0.2) is 0 Å². The van der Waals surface area contributed by atoms with Crippen LogP contribution in [0.4, 0.5) is 0 Å². The van der Waals surface area contributed by atoms with Gasteiger partial charge in [0.25, 0.3) is 0 Å². The van der Waals surface area contributed by atoms with Gasteiger partial charge in [-0.3, -0.25) is 4.90 Å². The highest BCUT2D eigenvalue weighted by atomic mass is 16.5. The summed E-state index contributed by atoms with van der Waals surface area (Å²) in [5, 5.41) is 3.45. The Labute approximate surface area is 103 Å². The second-order valence-electron chi connectivity index (χ2n) is 4.49. The smallest absolute Gasteiger partial charge is 0.105 e. The molecule has 1 fully saturated rings. The number of nitrogens with one attached hydrogen (secondary N) is 1. The normalized spacial score (nSPS) is 17.5. The Morgan fingerprint density at radius 2 is 2.18 bits per heavy atom. The van der Waals surface area contributed by atoms with E-state index in [1.165, 1.54) is 18.5 Å². The highest BCUT2D eigenvalue weighted by molar-refractivity contribution is 5.14. The first-order valence-corrected chi connectivity index (χ1v) is 6.40. The van der Waals surface area contributed by atoms with Crippen molar-refractivity contribution in [1.82, 2.24) is 10.2 Å². The average Bonchev–Trinajstić information content (AvgIpc) is 2.76. The minimum absolute atomic E-state index is 0.891. The molecule has 1 aliphatic heterocycles. The first kappa shape index (κ1) is 12.6. The van der Waals surface area contributed by atoms with Crippen molar-refractivity contribution in [3.63, 3.8) is 0 Å². The van der Waals surface area contributed by atoms with Gasteiger partial charge in [0, 0.05) is 25.2 Å². The molecule has 1 aromatic heterocycles. The van der Waals surface area contributed by atoms with E-state index < -0.39 is 0 Å². The number of aryl methyl sites for hydroxylation is 1. The molecule has 0 amide bonds. The molecule has 4 nitrogen and oxygen atoms in total. The number of ether oxygens (including phenoxy) is 1. The van der Waals surface area contributed by atoms with E-state index in [1.807, 2.05) is 13.0 Å². The lowest BCUT2D eigenvalue weighted by Gasteiger charge is -2.26. The maximum Gasteiger partial charge on any atom is 0.105 e. The summed E-state index contributed by atoms with van der Waals surface area (Å²) < 4.78 is 10.6. The van der Waals surface area contributed by atoms with Crippen LogP contribution in [0.3, 0.4) is 0 Å². The molecule has 0 unspecified atom stereocenters. The third-order valence-corrected chi connectivity index (χ3v) is 3.21. The molecule has 2 heterocycles. The Balaban J connectivity index is 1.53. The van der Waals surface area contributed by atoms with Gasteiger partial charge < -0.3 is 14.5 Å². The largest absolute Gasteiger partial charge is 0.469 e. The van der Waals surface area contributed by atoms with Crippen molar-refractivity contribution in [2.24, 2.45) is 0 Å². The fourth-order valence-electron chi connectivity index (χ4n) is 2.07. The summed E-state index contributed by atoms with van der Waals surface area (Å²) in [4.78, 5) is 2.47. The molecule has 0 atom stereocenters. The Kier molecular flexibility index (Phi) is 5.04. The molecule has 0 spiro atoms. The van der Waals surface area contributed by atoms with E-state index in [0.717, 1.165) is 45.2 Å². The van der Waals surface area contributed by atoms with Crippen LogP contribution in [0.25, 0.3) is 0 Å². The third-order valence-electron chi connectivity index (χ3n) is 3.21. The summed E-state index contributed by atoms with van der Waals surface area (Å²) in [7, 11) is 0. The first-order chi connectivity index (χ1) is 8.36. The molecule has 96 valence electrons. The zero-order chi connectivity index (χ0) is 11.9. The minimum Gasteiger partial charge on any atom is -0.469 e. The predicted octanol–water partition coefficient (Wildman–Crippen LogP) is 1.40. The zero-order valence-electron chi connectivity index (χ0n) is 10.6. The van der Waals surface area contributed by atoms with Crippen LogP contribution in [0.15, 0.2) is 16.7 Å². The van der Waals surface area contributed by atoms with E-state index in [4.69, 9.17) is 9.15 Å². The number of rotatable bonds is 6. The van der Waals surface area contributed by atoms with Gasteiger partial charge in [-0.1, -0.05) is 0 Å². The Morgan fingerprint density at radius 3 is 2.88 bits per heavy atom. The van der Waals surface area contributed by atoms with Gasteiger partial charge in [-0.2, -0.15) is 0 Å². The summed E-state index contributed by atoms with van der Waals surface area (Å²) in [6.07, 6.45) is 2.94. The fourth-order valence-corrected chi connectivity index (χ4v) is 2.07. The highest BCUT2D eigenvalue weighted by Crippen LogP contribution is 2.07. The third kappa shape index (κ3) is 4.15. The van der Waals surface area contributed by atoms with Crippen LogP contribution in [0.5, 0.6) is 0 Å². The maximum absolute atomic E-state index is 5.32. The van der Waals surface area contributed by atoms with Crippen molar-refractivity contribution in [3.05, 3.63) is 23.7 Å². The number of furan rings is 1. The topological polar surface area (TPSA) is 37.6 Å². The summed E-state index contributed by atoms with van der Waals surface area (Å²) in [5.74, 6) is 1.02. The molecule has 4 heteroatoms. The molecule has 0 saturated carbocycles. The average molecular weight is 238 g/mol. The lowest BCUT2D eigenvalue weighted by molar-refractivity contribution is 0.0374. The fraction of sp³-hybridized carbons (Fsp3) is 0.692. The Morgan fingerprint density at radius 1 is 1.35 bits per heavy atom. The Bertz CT molecular complexity index is 319. The highest BCUT2D eigenvalue weighted by Gasteiger charge is 2.08. The van der Waals surface area contributed by atoms with Crippen LogP contribution in [0.1, 0.15) is 17.7 Å². The van der Waals surface area contributed by atoms with E-state index in [-0.39, 0.29) is 0 Å². The van der Waals surface area contributed by atoms with Gasteiger partial charge in [0.15, 0.2) is 0 Å². The zero-order valence-corrected chi connectivity index (χ0v) is 10.6. The minimum atomic E-state index is 0.891. The van der Waals surface area contributed by atoms with Crippen molar-refractivity contribution in [2.75, 3.05) is 39.4 Å². The molecule has 2 rings (SSSR count). The van der Waals surface area contributed by atoms with Gasteiger partial charge in [-0.15, -0.1) is 0 Å². The van der Waals surface area contributed by atoms with Crippen molar-refractivity contribution < 1.29 is 9.15 Å². The number of hydrogen-bond donors (Lipinski definition) is 1. The van der Waals surface area contributed by atoms with Crippen LogP contribution >= 0.6 is 0 Å². The molecule has 1 saturated heterocycles. The molecule has 17 heavy (non-hydrogen) atoms. The first-order valence-electron chi connectivity index (χ1n) is 6.40. The summed E-state index contributed by atoms with van der Waals surface area (Å²) in [6.45, 7) is 9.09. The lowest BCUT2D eigenvalue weighted by atomic mass is 10.2. The quantitative estimate of drug-likeness (QED) is 0.760. The van der Waals surface area contributed by atoms with Crippen LogP contribution in [-0.2, 0) is 11.3 Å². The van der Waals surface area contributed by atoms with E-state index in [0.29, 0.717) is 0 Å². The van der Waals surface area contributed by atoms with Gasteiger partial charge in [0.1, 0.15) is 5.76 Å². The van der Waals surface area contributed by atoms with E-state index >= 15 is 0 Å². The van der Waals surface area contributed by atoms with Crippen molar-refractivity contribution in [3.8, 4) is 0 Å². The number of morpholine rings is 1. The monoisotopic (exact) mass is 238 g/mol. The molecule has 1 N–H and O–H groups in total. The van der Waals surface area contributed by atoms with Crippen molar-refractivity contribution in [1.29, 1.82) is 0 Å². The molecule has 0 aromatic carbocycles. The van der Waals surface area contributed by atoms with Gasteiger partial charge in [0.05, 0.1) is 19.5 Å². The van der Waals surface area contributed by atoms with E-state index in [2.05, 4.69) is 10.2 Å². The molecule has 0 bridgehead atoms. The predicted molar refractivity (Wildman–Crippen MR) is 67.0 cm³/mol. The number of nitrogens with zero attached hydrogens (tertiary/aromatic N) is 1. The van der Waals surface area contributed by atoms with Crippen LogP contribution < -0.4 is 5.32 Å². The van der Waals surface area contributed by atoms with Crippen LogP contribution in [0.2, 0.25) is 0 Å². The molecular weight excluding hydrogens is 216 g/mol. The Hall–Kier alpha value is -0.840. The molecule has 0 radical (unpaired) electrons. The van der Waals surface area contributed by atoms with Gasteiger partial charge in [0.2, 0.25) is 0 Å². The van der Waals surface area contributed by atoms with Crippen molar-refractivity contribution in [2.45, 2.75) is 19.9 Å². The summed E-state index contributed by atoms with van der Waals surface area (Å²) in [6, 6.07) is 2.03. The lowest BCUT2D eigenvalue weighted by Crippen LogP contribution is -2.37. The SMILES string of the molecule is Cc1occc1CNCCCN1CCOCC1. The van der Waals surface area contributed by atoms with Crippen LogP contribution in [0, 0.1) is 6.92 Å². The van der Waals surface area contributed by atoms with Gasteiger partial charge >= 0.3 is 0 Å². The van der Waals surface area contributed by atoms with Crippen LogP contribution in [-0.4, -0.2) is 44.3 Å². The second-order valence-corrected chi connectivity index (χ2v) is 4.49.